The third kappa shape index (κ3) is 4.03. The minimum absolute atomic E-state index is 0.115. The lowest BCUT2D eigenvalue weighted by atomic mass is 10.6. The van der Waals surface area contributed by atoms with E-state index < -0.39 is 5.97 Å². The van der Waals surface area contributed by atoms with E-state index in [-0.39, 0.29) is 6.54 Å². The van der Waals surface area contributed by atoms with Crippen LogP contribution in [0.1, 0.15) is 0 Å². The van der Waals surface area contributed by atoms with E-state index >= 15 is 0 Å². The van der Waals surface area contributed by atoms with Crippen LogP contribution in [0.2, 0.25) is 0 Å². The van der Waals surface area contributed by atoms with Gasteiger partial charge in [0.1, 0.15) is 0 Å². The summed E-state index contributed by atoms with van der Waals surface area (Å²) >= 11 is 0. The molecule has 0 saturated carbocycles. The molecule has 0 radical (unpaired) electrons. The number of carboxylic acid groups (broad SMARTS) is 1. The molecule has 0 aromatic heterocycles. The molecule has 8 heavy (non-hydrogen) atoms. The van der Waals surface area contributed by atoms with Gasteiger partial charge in [0.05, 0.1) is 6.54 Å². The zero-order valence-corrected chi connectivity index (χ0v) is 5.95. The lowest BCUT2D eigenvalue weighted by molar-refractivity contribution is -0.137. The van der Waals surface area contributed by atoms with Crippen molar-refractivity contribution in [1.82, 2.24) is 4.90 Å². The SMILES string of the molecule is CN(CP)CC(=O)O. The maximum Gasteiger partial charge on any atom is 0.317 e. The molecule has 0 heterocycles. The number of carbonyl (C=O) groups is 1. The van der Waals surface area contributed by atoms with Gasteiger partial charge in [-0.05, 0) is 7.05 Å². The Hall–Kier alpha value is -0.140. The van der Waals surface area contributed by atoms with Gasteiger partial charge in [-0.2, -0.15) is 0 Å². The number of likely N-dealkylation sites (N-methyl/N-ethyl adjacent to an activating group) is 1. The molecule has 3 nitrogen and oxygen atoms in total. The first-order valence-corrected chi connectivity index (χ1v) is 3.09. The molecule has 0 rings (SSSR count). The van der Waals surface area contributed by atoms with Crippen molar-refractivity contribution < 1.29 is 9.90 Å². The Balaban J connectivity index is 3.24. The van der Waals surface area contributed by atoms with E-state index in [2.05, 4.69) is 9.24 Å². The predicted molar refractivity (Wildman–Crippen MR) is 34.8 cm³/mol. The van der Waals surface area contributed by atoms with Crippen molar-refractivity contribution in [3.63, 3.8) is 0 Å². The summed E-state index contributed by atoms with van der Waals surface area (Å²) < 4.78 is 0. The number of aliphatic carboxylic acids is 1. The zero-order chi connectivity index (χ0) is 6.57. The van der Waals surface area contributed by atoms with E-state index in [0.717, 1.165) is 0 Å². The van der Waals surface area contributed by atoms with Crippen LogP contribution in [0.3, 0.4) is 0 Å². The molecule has 0 fully saturated rings. The molecular formula is C4H10NO2P. The molecule has 0 aromatic carbocycles. The summed E-state index contributed by atoms with van der Waals surface area (Å²) in [6, 6.07) is 0. The number of nitrogens with zero attached hydrogens (tertiary/aromatic N) is 1. The van der Waals surface area contributed by atoms with Gasteiger partial charge < -0.3 is 5.11 Å². The van der Waals surface area contributed by atoms with Crippen LogP contribution in [0.4, 0.5) is 0 Å². The van der Waals surface area contributed by atoms with Gasteiger partial charge in [-0.3, -0.25) is 9.69 Å². The normalized spacial score (nSPS) is 9.88. The molecule has 1 atom stereocenters. The number of carboxylic acids is 1. The Kier molecular flexibility index (Phi) is 3.75. The summed E-state index contributed by atoms with van der Waals surface area (Å²) in [5.41, 5.74) is 0. The number of hydrogen-bond acceptors (Lipinski definition) is 2. The van der Waals surface area contributed by atoms with Crippen LogP contribution in [0.25, 0.3) is 0 Å². The van der Waals surface area contributed by atoms with E-state index in [1.165, 1.54) is 0 Å². The Bertz CT molecular complexity index is 86.1. The molecule has 0 bridgehead atoms. The van der Waals surface area contributed by atoms with E-state index in [1.807, 2.05) is 0 Å². The second kappa shape index (κ2) is 3.81. The maximum atomic E-state index is 9.92. The van der Waals surface area contributed by atoms with Crippen LogP contribution < -0.4 is 0 Å². The Morgan fingerprint density at radius 3 is 2.50 bits per heavy atom. The highest BCUT2D eigenvalue weighted by Gasteiger charge is 1.98. The maximum absolute atomic E-state index is 9.92. The van der Waals surface area contributed by atoms with Crippen LogP contribution in [-0.4, -0.2) is 35.9 Å². The van der Waals surface area contributed by atoms with E-state index in [4.69, 9.17) is 5.11 Å². The summed E-state index contributed by atoms with van der Waals surface area (Å²) in [6.45, 7) is 0.115. The largest absolute Gasteiger partial charge is 0.480 e. The van der Waals surface area contributed by atoms with Crippen LogP contribution in [0.5, 0.6) is 0 Å². The van der Waals surface area contributed by atoms with Crippen molar-refractivity contribution in [2.45, 2.75) is 0 Å². The van der Waals surface area contributed by atoms with Gasteiger partial charge in [0, 0.05) is 6.29 Å². The first kappa shape index (κ1) is 7.86. The van der Waals surface area contributed by atoms with Crippen molar-refractivity contribution in [2.75, 3.05) is 19.9 Å². The molecule has 0 aliphatic rings. The van der Waals surface area contributed by atoms with Gasteiger partial charge in [0.25, 0.3) is 0 Å². The lowest BCUT2D eigenvalue weighted by Crippen LogP contribution is -2.23. The van der Waals surface area contributed by atoms with Crippen molar-refractivity contribution in [2.24, 2.45) is 0 Å². The van der Waals surface area contributed by atoms with Crippen LogP contribution in [0.15, 0.2) is 0 Å². The summed E-state index contributed by atoms with van der Waals surface area (Å²) in [4.78, 5) is 11.6. The Labute approximate surface area is 50.9 Å². The highest BCUT2D eigenvalue weighted by Crippen LogP contribution is 1.86. The molecular weight excluding hydrogens is 125 g/mol. The van der Waals surface area contributed by atoms with Crippen LogP contribution in [0, 0.1) is 0 Å². The Morgan fingerprint density at radius 2 is 2.38 bits per heavy atom. The van der Waals surface area contributed by atoms with Gasteiger partial charge in [-0.1, -0.05) is 0 Å². The fourth-order valence-electron chi connectivity index (χ4n) is 0.295. The fraction of sp³-hybridized carbons (Fsp3) is 0.750. The molecule has 0 saturated heterocycles. The quantitative estimate of drug-likeness (QED) is 0.546. The lowest BCUT2D eigenvalue weighted by Gasteiger charge is -2.08. The van der Waals surface area contributed by atoms with E-state index in [0.29, 0.717) is 6.29 Å². The second-order valence-electron chi connectivity index (χ2n) is 1.59. The molecule has 48 valence electrons. The minimum atomic E-state index is -0.782. The topological polar surface area (TPSA) is 40.5 Å². The van der Waals surface area contributed by atoms with Crippen LogP contribution in [-0.2, 0) is 4.79 Å². The fourth-order valence-corrected chi connectivity index (χ4v) is 0.425. The molecule has 0 amide bonds. The monoisotopic (exact) mass is 135 g/mol. The number of hydrogen-bond donors (Lipinski definition) is 1. The third-order valence-electron chi connectivity index (χ3n) is 0.717. The molecule has 0 spiro atoms. The van der Waals surface area contributed by atoms with Crippen molar-refractivity contribution >= 4 is 15.2 Å². The highest BCUT2D eigenvalue weighted by molar-refractivity contribution is 7.16. The number of rotatable bonds is 3. The third-order valence-corrected chi connectivity index (χ3v) is 1.34. The van der Waals surface area contributed by atoms with Crippen LogP contribution >= 0.6 is 9.24 Å². The minimum Gasteiger partial charge on any atom is -0.480 e. The Morgan fingerprint density at radius 1 is 1.88 bits per heavy atom. The van der Waals surface area contributed by atoms with Crippen molar-refractivity contribution in [1.29, 1.82) is 0 Å². The first-order valence-electron chi connectivity index (χ1n) is 2.27. The summed E-state index contributed by atoms with van der Waals surface area (Å²) in [6.07, 6.45) is 0.701. The van der Waals surface area contributed by atoms with Crippen molar-refractivity contribution in [3.8, 4) is 0 Å². The van der Waals surface area contributed by atoms with Gasteiger partial charge >= 0.3 is 5.97 Å². The average Bonchev–Trinajstić information content (AvgIpc) is 1.65. The summed E-state index contributed by atoms with van der Waals surface area (Å²) in [7, 11) is 4.20. The molecule has 4 heteroatoms. The van der Waals surface area contributed by atoms with E-state index in [1.54, 1.807) is 11.9 Å². The van der Waals surface area contributed by atoms with Gasteiger partial charge in [0.2, 0.25) is 0 Å². The molecule has 1 unspecified atom stereocenters. The van der Waals surface area contributed by atoms with E-state index in [9.17, 15) is 4.79 Å². The molecule has 0 aliphatic heterocycles. The first-order chi connectivity index (χ1) is 3.66. The smallest absolute Gasteiger partial charge is 0.317 e. The predicted octanol–water partition coefficient (Wildman–Crippen LogP) is -0.165. The average molecular weight is 135 g/mol. The second-order valence-corrected chi connectivity index (χ2v) is 1.96. The highest BCUT2D eigenvalue weighted by atomic mass is 31.0. The van der Waals surface area contributed by atoms with Gasteiger partial charge in [-0.15, -0.1) is 9.24 Å². The van der Waals surface area contributed by atoms with Gasteiger partial charge in [-0.25, -0.2) is 0 Å². The van der Waals surface area contributed by atoms with Gasteiger partial charge in [0.15, 0.2) is 0 Å². The molecule has 0 aromatic rings. The van der Waals surface area contributed by atoms with Crippen molar-refractivity contribution in [3.05, 3.63) is 0 Å². The molecule has 0 aliphatic carbocycles. The molecule has 1 N–H and O–H groups in total. The standard InChI is InChI=1S/C4H10NO2P/c1-5(3-8)2-4(6)7/h2-3,8H2,1H3,(H,6,7). The summed E-state index contributed by atoms with van der Waals surface area (Å²) in [5, 5.41) is 8.16. The summed E-state index contributed by atoms with van der Waals surface area (Å²) in [5.74, 6) is -0.782. The zero-order valence-electron chi connectivity index (χ0n) is 4.79.